The van der Waals surface area contributed by atoms with Crippen molar-refractivity contribution in [1.82, 2.24) is 5.32 Å². The van der Waals surface area contributed by atoms with Gasteiger partial charge in [-0.15, -0.1) is 0 Å². The fraction of sp³-hybridized carbons (Fsp3) is 1.00. The van der Waals surface area contributed by atoms with E-state index < -0.39 is 12.7 Å². The minimum absolute atomic E-state index is 0.0108. The quantitative estimate of drug-likeness (QED) is 0.691. The Balaban J connectivity index is 3.58. The highest BCUT2D eigenvalue weighted by Crippen LogP contribution is 2.13. The molecule has 0 aliphatic carbocycles. The van der Waals surface area contributed by atoms with Crippen molar-refractivity contribution in [2.45, 2.75) is 45.3 Å². The lowest BCUT2D eigenvalue weighted by molar-refractivity contribution is -0.126. The predicted molar refractivity (Wildman–Crippen MR) is 43.0 cm³/mol. The first-order valence-electron chi connectivity index (χ1n) is 4.29. The van der Waals surface area contributed by atoms with E-state index >= 15 is 0 Å². The molecule has 0 aromatic heterocycles. The molecule has 0 spiro atoms. The first-order chi connectivity index (χ1) is 5.49. The minimum Gasteiger partial charge on any atom is -0.306 e. The topological polar surface area (TPSA) is 12.0 Å². The third kappa shape index (κ3) is 6.46. The molecule has 0 heterocycles. The monoisotopic (exact) mass is 183 g/mol. The lowest BCUT2D eigenvalue weighted by atomic mass is 10.1. The molecule has 12 heavy (non-hydrogen) atoms. The summed E-state index contributed by atoms with van der Waals surface area (Å²) in [6.45, 7) is 2.99. The van der Waals surface area contributed by atoms with Gasteiger partial charge in [-0.3, -0.25) is 0 Å². The second-order valence-corrected chi connectivity index (χ2v) is 2.89. The molecule has 1 unspecified atom stereocenters. The fourth-order valence-corrected chi connectivity index (χ4v) is 1.06. The number of rotatable bonds is 5. The van der Waals surface area contributed by atoms with Crippen LogP contribution < -0.4 is 5.32 Å². The highest BCUT2D eigenvalue weighted by Gasteiger charge is 2.27. The van der Waals surface area contributed by atoms with E-state index in [0.717, 1.165) is 19.3 Å². The summed E-state index contributed by atoms with van der Waals surface area (Å²) in [4.78, 5) is 0. The van der Waals surface area contributed by atoms with E-state index in [1.807, 2.05) is 13.8 Å². The van der Waals surface area contributed by atoms with Gasteiger partial charge in [-0.1, -0.05) is 20.3 Å². The molecule has 4 heteroatoms. The van der Waals surface area contributed by atoms with Crippen LogP contribution in [-0.2, 0) is 0 Å². The second kappa shape index (κ2) is 5.41. The molecule has 1 N–H and O–H groups in total. The minimum atomic E-state index is -4.08. The third-order valence-electron chi connectivity index (χ3n) is 1.72. The normalized spacial score (nSPS) is 14.8. The van der Waals surface area contributed by atoms with Crippen LogP contribution in [-0.4, -0.2) is 18.8 Å². The van der Waals surface area contributed by atoms with Crippen molar-refractivity contribution in [3.63, 3.8) is 0 Å². The third-order valence-corrected chi connectivity index (χ3v) is 1.72. The first-order valence-corrected chi connectivity index (χ1v) is 4.29. The standard InChI is InChI=1S/C8H16F3N/c1-3-5-7(4-2)12-6-8(9,10)11/h7,12H,3-6H2,1-2H3. The van der Waals surface area contributed by atoms with Crippen molar-refractivity contribution in [2.24, 2.45) is 0 Å². The average molecular weight is 183 g/mol. The molecule has 0 saturated carbocycles. The largest absolute Gasteiger partial charge is 0.401 e. The highest BCUT2D eigenvalue weighted by molar-refractivity contribution is 4.66. The van der Waals surface area contributed by atoms with E-state index in [9.17, 15) is 13.2 Å². The maximum absolute atomic E-state index is 11.7. The number of alkyl halides is 3. The Morgan fingerprint density at radius 3 is 2.17 bits per heavy atom. The maximum atomic E-state index is 11.7. The van der Waals surface area contributed by atoms with Gasteiger partial charge in [0.1, 0.15) is 0 Å². The number of hydrogen-bond donors (Lipinski definition) is 1. The first kappa shape index (κ1) is 11.8. The molecule has 0 aromatic rings. The van der Waals surface area contributed by atoms with E-state index in [4.69, 9.17) is 0 Å². The zero-order valence-corrected chi connectivity index (χ0v) is 7.54. The Hall–Kier alpha value is -0.250. The van der Waals surface area contributed by atoms with Gasteiger partial charge >= 0.3 is 6.18 Å². The molecule has 0 aliphatic rings. The van der Waals surface area contributed by atoms with Crippen LogP contribution in [0.5, 0.6) is 0 Å². The molecule has 0 bridgehead atoms. The van der Waals surface area contributed by atoms with Gasteiger partial charge in [0.05, 0.1) is 6.54 Å². The summed E-state index contributed by atoms with van der Waals surface area (Å²) in [7, 11) is 0. The van der Waals surface area contributed by atoms with Crippen LogP contribution in [0.25, 0.3) is 0 Å². The summed E-state index contributed by atoms with van der Waals surface area (Å²) >= 11 is 0. The van der Waals surface area contributed by atoms with Crippen molar-refractivity contribution in [1.29, 1.82) is 0 Å². The SMILES string of the molecule is CCCC(CC)NCC(F)(F)F. The lowest BCUT2D eigenvalue weighted by Crippen LogP contribution is -2.36. The second-order valence-electron chi connectivity index (χ2n) is 2.89. The van der Waals surface area contributed by atoms with Crippen LogP contribution >= 0.6 is 0 Å². The molecule has 1 atom stereocenters. The van der Waals surface area contributed by atoms with Gasteiger partial charge in [-0.25, -0.2) is 0 Å². The van der Waals surface area contributed by atoms with Crippen LogP contribution in [0.4, 0.5) is 13.2 Å². The maximum Gasteiger partial charge on any atom is 0.401 e. The molecule has 0 rings (SSSR count). The Labute approximate surface area is 71.3 Å². The zero-order chi connectivity index (χ0) is 9.61. The van der Waals surface area contributed by atoms with Gasteiger partial charge in [0.25, 0.3) is 0 Å². The Kier molecular flexibility index (Phi) is 5.29. The summed E-state index contributed by atoms with van der Waals surface area (Å²) in [6, 6.07) is 0.0108. The van der Waals surface area contributed by atoms with Gasteiger partial charge in [0.2, 0.25) is 0 Å². The zero-order valence-electron chi connectivity index (χ0n) is 7.54. The van der Waals surface area contributed by atoms with Crippen LogP contribution in [0.3, 0.4) is 0 Å². The van der Waals surface area contributed by atoms with E-state index in [0.29, 0.717) is 0 Å². The summed E-state index contributed by atoms with van der Waals surface area (Å²) in [5.74, 6) is 0. The van der Waals surface area contributed by atoms with Crippen LogP contribution in [0.1, 0.15) is 33.1 Å². The summed E-state index contributed by atoms with van der Waals surface area (Å²) < 4.78 is 35.2. The van der Waals surface area contributed by atoms with Crippen molar-refractivity contribution in [3.05, 3.63) is 0 Å². The number of hydrogen-bond acceptors (Lipinski definition) is 1. The molecule has 0 saturated heterocycles. The van der Waals surface area contributed by atoms with Crippen molar-refractivity contribution in [2.75, 3.05) is 6.54 Å². The smallest absolute Gasteiger partial charge is 0.306 e. The van der Waals surface area contributed by atoms with Crippen molar-refractivity contribution >= 4 is 0 Å². The summed E-state index contributed by atoms with van der Waals surface area (Å²) in [6.07, 6.45) is -1.60. The Morgan fingerprint density at radius 2 is 1.83 bits per heavy atom. The van der Waals surface area contributed by atoms with E-state index in [2.05, 4.69) is 5.32 Å². The molecule has 0 aromatic carbocycles. The highest BCUT2D eigenvalue weighted by atomic mass is 19.4. The molecule has 1 nitrogen and oxygen atoms in total. The van der Waals surface area contributed by atoms with Crippen molar-refractivity contribution in [3.8, 4) is 0 Å². The Morgan fingerprint density at radius 1 is 1.25 bits per heavy atom. The van der Waals surface area contributed by atoms with Gasteiger partial charge in [0.15, 0.2) is 0 Å². The molecular formula is C8H16F3N. The number of halogens is 3. The van der Waals surface area contributed by atoms with Gasteiger partial charge < -0.3 is 5.32 Å². The van der Waals surface area contributed by atoms with Crippen molar-refractivity contribution < 1.29 is 13.2 Å². The van der Waals surface area contributed by atoms with E-state index in [1.54, 1.807) is 0 Å². The lowest BCUT2D eigenvalue weighted by Gasteiger charge is -2.16. The van der Waals surface area contributed by atoms with E-state index in [1.165, 1.54) is 0 Å². The Bertz CT molecular complexity index is 111. The van der Waals surface area contributed by atoms with Gasteiger partial charge in [-0.2, -0.15) is 13.2 Å². The van der Waals surface area contributed by atoms with Crippen LogP contribution in [0.15, 0.2) is 0 Å². The molecule has 0 amide bonds. The molecule has 0 fully saturated rings. The van der Waals surface area contributed by atoms with Gasteiger partial charge in [0, 0.05) is 6.04 Å². The summed E-state index contributed by atoms with van der Waals surface area (Å²) in [5, 5.41) is 2.49. The van der Waals surface area contributed by atoms with Crippen LogP contribution in [0, 0.1) is 0 Å². The molecule has 0 aliphatic heterocycles. The summed E-state index contributed by atoms with van der Waals surface area (Å²) in [5.41, 5.74) is 0. The average Bonchev–Trinajstić information content (AvgIpc) is 1.96. The molecular weight excluding hydrogens is 167 g/mol. The van der Waals surface area contributed by atoms with Gasteiger partial charge in [-0.05, 0) is 12.8 Å². The molecule has 74 valence electrons. The predicted octanol–water partition coefficient (Wildman–Crippen LogP) is 2.72. The van der Waals surface area contributed by atoms with E-state index in [-0.39, 0.29) is 6.04 Å². The molecule has 0 radical (unpaired) electrons. The number of nitrogens with one attached hydrogen (secondary N) is 1. The fourth-order valence-electron chi connectivity index (χ4n) is 1.06. The van der Waals surface area contributed by atoms with Crippen LogP contribution in [0.2, 0.25) is 0 Å².